The minimum absolute atomic E-state index is 0.197. The van der Waals surface area contributed by atoms with Crippen molar-refractivity contribution in [1.29, 1.82) is 0 Å². The van der Waals surface area contributed by atoms with E-state index in [1.165, 1.54) is 18.2 Å². The van der Waals surface area contributed by atoms with Crippen LogP contribution < -0.4 is 0 Å². The first-order chi connectivity index (χ1) is 17.6. The second kappa shape index (κ2) is 12.3. The number of benzene rings is 2. The molecule has 2 atom stereocenters. The zero-order chi connectivity index (χ0) is 30.0. The van der Waals surface area contributed by atoms with Crippen LogP contribution in [0.25, 0.3) is 6.08 Å². The highest BCUT2D eigenvalue weighted by atomic mass is 79.9. The van der Waals surface area contributed by atoms with E-state index in [1.807, 2.05) is 0 Å². The molecule has 0 spiro atoms. The van der Waals surface area contributed by atoms with Gasteiger partial charge < -0.3 is 0 Å². The van der Waals surface area contributed by atoms with Crippen LogP contribution in [-0.4, -0.2) is 38.1 Å². The minimum Gasteiger partial charge on any atom is -0.294 e. The van der Waals surface area contributed by atoms with E-state index >= 15 is 0 Å². The molecule has 0 fully saturated rings. The second-order valence-electron chi connectivity index (χ2n) is 8.79. The van der Waals surface area contributed by atoms with Crippen molar-refractivity contribution in [1.82, 2.24) is 0 Å². The average molecular weight is 718 g/mol. The van der Waals surface area contributed by atoms with Crippen LogP contribution in [0.1, 0.15) is 46.3 Å². The van der Waals surface area contributed by atoms with Gasteiger partial charge in [0.1, 0.15) is 5.75 Å². The molecule has 0 N–H and O–H groups in total. The van der Waals surface area contributed by atoms with E-state index < -0.39 is 75.0 Å². The molecule has 216 valence electrons. The smallest absolute Gasteiger partial charge is 0.294 e. The van der Waals surface area contributed by atoms with Gasteiger partial charge >= 0.3 is 18.5 Å². The molecule has 39 heavy (non-hydrogen) atoms. The quantitative estimate of drug-likeness (QED) is 0.193. The van der Waals surface area contributed by atoms with Gasteiger partial charge in [-0.15, -0.1) is 0 Å². The molecule has 1 unspecified atom stereocenters. The predicted molar refractivity (Wildman–Crippen MR) is 134 cm³/mol. The van der Waals surface area contributed by atoms with Crippen LogP contribution in [0.15, 0.2) is 51.4 Å². The Kier molecular flexibility index (Phi) is 10.5. The number of hydrogen-bond acceptors (Lipinski definition) is 3. The van der Waals surface area contributed by atoms with Gasteiger partial charge in [0.2, 0.25) is 0 Å². The van der Waals surface area contributed by atoms with Crippen LogP contribution in [0.4, 0.5) is 39.5 Å². The third-order valence-corrected chi connectivity index (χ3v) is 7.94. The number of alkyl halides is 9. The summed E-state index contributed by atoms with van der Waals surface area (Å²) in [6.07, 6.45) is -14.2. The molecule has 0 radical (unpaired) electrons. The number of hydrogen-bond donors (Lipinski definition) is 0. The molecule has 0 saturated heterocycles. The average Bonchev–Trinajstić information content (AvgIpc) is 2.69. The summed E-state index contributed by atoms with van der Waals surface area (Å²) in [5, 5.41) is 0. The van der Waals surface area contributed by atoms with Crippen molar-refractivity contribution in [3.63, 3.8) is 0 Å². The molecule has 15 heteroatoms. The van der Waals surface area contributed by atoms with E-state index in [2.05, 4.69) is 31.9 Å². The van der Waals surface area contributed by atoms with E-state index in [0.717, 1.165) is 25.1 Å². The summed E-state index contributed by atoms with van der Waals surface area (Å²) in [4.78, 5) is 12.6. The van der Waals surface area contributed by atoms with Crippen LogP contribution in [-0.2, 0) is 16.0 Å². The molecule has 2 rings (SSSR count). The van der Waals surface area contributed by atoms with Gasteiger partial charge in [0.05, 0.1) is 17.2 Å². The lowest BCUT2D eigenvalue weighted by Crippen LogP contribution is -2.28. The Morgan fingerprint density at radius 3 is 1.97 bits per heavy atom. The third-order valence-electron chi connectivity index (χ3n) is 5.18. The minimum atomic E-state index is -5.11. The molecule has 0 aliphatic rings. The maximum absolute atomic E-state index is 13.7. The lowest BCUT2D eigenvalue weighted by Gasteiger charge is -2.18. The first kappa shape index (κ1) is 33.3. The number of Topliss-reactive ketones (excluding diaryl/α,β-unsaturated/α-hetero) is 1. The van der Waals surface area contributed by atoms with E-state index in [1.54, 1.807) is 0 Å². The lowest BCUT2D eigenvalue weighted by atomic mass is 9.93. The molecule has 0 heterocycles. The number of sulfone groups is 1. The Labute approximate surface area is 234 Å². The standard InChI is InChI=1S/C24H19Br2F9O3S/c1-13(11-39(37,38)12-22(27,28)29)6-21(36)18-4-2-14(7-20(18)24(33,34)35)3-5-19(23(30,31)32)15-8-16(25)10-17(26)9-15/h2-5,7-10,13,19H,6,11-12H2,1H3/b5-3+/t13-,19?/m0/s1. The van der Waals surface area contributed by atoms with Crippen molar-refractivity contribution >= 4 is 53.6 Å². The zero-order valence-corrected chi connectivity index (χ0v) is 23.7. The summed E-state index contributed by atoms with van der Waals surface area (Å²) in [6.45, 7) is 1.10. The molecular weight excluding hydrogens is 699 g/mol. The fraction of sp³-hybridized carbons (Fsp3) is 0.375. The monoisotopic (exact) mass is 716 g/mol. The van der Waals surface area contributed by atoms with Gasteiger partial charge in [0, 0.05) is 20.9 Å². The van der Waals surface area contributed by atoms with Crippen molar-refractivity contribution in [3.8, 4) is 0 Å². The molecule has 0 amide bonds. The summed E-state index contributed by atoms with van der Waals surface area (Å²) < 4.78 is 144. The number of rotatable bonds is 9. The van der Waals surface area contributed by atoms with E-state index in [0.29, 0.717) is 21.1 Å². The van der Waals surface area contributed by atoms with Crippen molar-refractivity contribution in [2.24, 2.45) is 5.92 Å². The molecule has 2 aromatic rings. The Morgan fingerprint density at radius 2 is 1.49 bits per heavy atom. The Morgan fingerprint density at radius 1 is 0.923 bits per heavy atom. The topological polar surface area (TPSA) is 51.2 Å². The summed E-state index contributed by atoms with van der Waals surface area (Å²) in [7, 11) is -4.67. The normalized spacial score (nSPS) is 15.0. The van der Waals surface area contributed by atoms with E-state index in [-0.39, 0.29) is 11.1 Å². The molecule has 0 saturated carbocycles. The number of halogens is 11. The second-order valence-corrected chi connectivity index (χ2v) is 12.7. The predicted octanol–water partition coefficient (Wildman–Crippen LogP) is 8.78. The molecule has 0 aliphatic carbocycles. The Hall–Kier alpha value is -1.87. The Bertz CT molecular complexity index is 1310. The van der Waals surface area contributed by atoms with Gasteiger partial charge in [0.25, 0.3) is 0 Å². The largest absolute Gasteiger partial charge is 0.417 e. The summed E-state index contributed by atoms with van der Waals surface area (Å²) in [6, 6.07) is 6.09. The molecule has 0 aromatic heterocycles. The van der Waals surface area contributed by atoms with Gasteiger partial charge in [-0.25, -0.2) is 8.42 Å². The molecule has 2 aromatic carbocycles. The van der Waals surface area contributed by atoms with Crippen molar-refractivity contribution in [2.75, 3.05) is 11.5 Å². The maximum Gasteiger partial charge on any atom is 0.417 e. The lowest BCUT2D eigenvalue weighted by molar-refractivity contribution is -0.139. The molecule has 0 bridgehead atoms. The first-order valence-electron chi connectivity index (χ1n) is 10.8. The number of carbonyl (C=O) groups excluding carboxylic acids is 1. The highest BCUT2D eigenvalue weighted by molar-refractivity contribution is 9.11. The van der Waals surface area contributed by atoms with Crippen molar-refractivity contribution in [2.45, 2.75) is 37.8 Å². The summed E-state index contributed by atoms with van der Waals surface area (Å²) in [5.41, 5.74) is -2.86. The van der Waals surface area contributed by atoms with Gasteiger partial charge in [-0.05, 0) is 41.3 Å². The van der Waals surface area contributed by atoms with Gasteiger partial charge in [-0.1, -0.05) is 63.1 Å². The zero-order valence-electron chi connectivity index (χ0n) is 19.7. The molecular formula is C24H19Br2F9O3S. The highest BCUT2D eigenvalue weighted by Crippen LogP contribution is 2.39. The fourth-order valence-electron chi connectivity index (χ4n) is 3.74. The maximum atomic E-state index is 13.7. The summed E-state index contributed by atoms with van der Waals surface area (Å²) in [5.74, 6) is -7.81. The SMILES string of the molecule is C[C@@H](CC(=O)c1ccc(/C=C/C(c2cc(Br)cc(Br)c2)C(F)(F)F)cc1C(F)(F)F)CS(=O)(=O)CC(F)(F)F. The van der Waals surface area contributed by atoms with Crippen LogP contribution >= 0.6 is 31.9 Å². The first-order valence-corrected chi connectivity index (χ1v) is 14.2. The fourth-order valence-corrected chi connectivity index (χ4v) is 6.67. The number of allylic oxidation sites excluding steroid dienone is 1. The molecule has 3 nitrogen and oxygen atoms in total. The Balaban J connectivity index is 2.36. The van der Waals surface area contributed by atoms with Crippen molar-refractivity contribution < 1.29 is 52.7 Å². The van der Waals surface area contributed by atoms with Gasteiger partial charge in [-0.3, -0.25) is 4.79 Å². The van der Waals surface area contributed by atoms with Crippen LogP contribution in [0.2, 0.25) is 0 Å². The van der Waals surface area contributed by atoms with Gasteiger partial charge in [-0.2, -0.15) is 39.5 Å². The highest BCUT2D eigenvalue weighted by Gasteiger charge is 2.40. The third kappa shape index (κ3) is 10.6. The summed E-state index contributed by atoms with van der Waals surface area (Å²) >= 11 is 6.16. The van der Waals surface area contributed by atoms with Crippen molar-refractivity contribution in [3.05, 3.63) is 73.7 Å². The van der Waals surface area contributed by atoms with Crippen LogP contribution in [0.5, 0.6) is 0 Å². The van der Waals surface area contributed by atoms with Crippen LogP contribution in [0, 0.1) is 5.92 Å². The van der Waals surface area contributed by atoms with E-state index in [9.17, 15) is 52.7 Å². The molecule has 0 aliphatic heterocycles. The van der Waals surface area contributed by atoms with E-state index in [4.69, 9.17) is 0 Å². The number of ketones is 1. The van der Waals surface area contributed by atoms with Crippen LogP contribution in [0.3, 0.4) is 0 Å². The number of carbonyl (C=O) groups is 1. The van der Waals surface area contributed by atoms with Gasteiger partial charge in [0.15, 0.2) is 15.6 Å².